The number of carbonyl (C=O) groups is 1. The number of anilines is 1. The number of rotatable bonds is 7. The van der Waals surface area contributed by atoms with Gasteiger partial charge in [-0.15, -0.1) is 0 Å². The summed E-state index contributed by atoms with van der Waals surface area (Å²) < 4.78 is 4.95. The number of benzene rings is 1. The van der Waals surface area contributed by atoms with E-state index in [1.165, 1.54) is 19.2 Å². The fourth-order valence-corrected chi connectivity index (χ4v) is 1.38. The molecule has 18 heavy (non-hydrogen) atoms. The molecule has 0 fully saturated rings. The second kappa shape index (κ2) is 6.43. The Labute approximate surface area is 104 Å². The zero-order valence-corrected chi connectivity index (χ0v) is 9.88. The molecule has 0 unspecified atom stereocenters. The summed E-state index contributed by atoms with van der Waals surface area (Å²) in [5, 5.41) is 22.1. The zero-order valence-electron chi connectivity index (χ0n) is 9.88. The van der Waals surface area contributed by atoms with Gasteiger partial charge in [0.2, 0.25) is 0 Å². The Hall–Kier alpha value is -2.31. The average molecular weight is 254 g/mol. The highest BCUT2D eigenvalue weighted by Crippen LogP contribution is 2.25. The Morgan fingerprint density at radius 2 is 2.22 bits per heavy atom. The number of methoxy groups -OCH3 is 1. The molecule has 0 saturated carbocycles. The molecule has 0 bridgehead atoms. The van der Waals surface area contributed by atoms with Crippen molar-refractivity contribution >= 4 is 17.3 Å². The quantitative estimate of drug-likeness (QED) is 0.437. The summed E-state index contributed by atoms with van der Waals surface area (Å²) in [6.07, 6.45) is 0.499. The van der Waals surface area contributed by atoms with E-state index in [0.717, 1.165) is 0 Å². The van der Waals surface area contributed by atoms with Crippen LogP contribution >= 0.6 is 0 Å². The first-order chi connectivity index (χ1) is 8.52. The first-order valence-electron chi connectivity index (χ1n) is 5.32. The highest BCUT2D eigenvalue weighted by atomic mass is 16.6. The van der Waals surface area contributed by atoms with E-state index < -0.39 is 10.9 Å². The average Bonchev–Trinajstić information content (AvgIpc) is 2.34. The molecule has 0 aliphatic carbocycles. The Morgan fingerprint density at radius 3 is 2.78 bits per heavy atom. The Balaban J connectivity index is 2.66. The third-order valence-electron chi connectivity index (χ3n) is 2.23. The number of hydrogen-bond donors (Lipinski definition) is 2. The van der Waals surface area contributed by atoms with E-state index in [1.807, 2.05) is 0 Å². The number of non-ortho nitro benzene ring substituents is 1. The second-order valence-corrected chi connectivity index (χ2v) is 3.60. The van der Waals surface area contributed by atoms with Crippen molar-refractivity contribution in [1.82, 2.24) is 0 Å². The first kappa shape index (κ1) is 13.8. The summed E-state index contributed by atoms with van der Waals surface area (Å²) in [6.45, 7) is 0.427. The van der Waals surface area contributed by atoms with Gasteiger partial charge in [0, 0.05) is 30.8 Å². The third-order valence-corrected chi connectivity index (χ3v) is 2.23. The van der Waals surface area contributed by atoms with Gasteiger partial charge in [-0.1, -0.05) is 0 Å². The van der Waals surface area contributed by atoms with E-state index in [2.05, 4.69) is 5.32 Å². The van der Waals surface area contributed by atoms with Gasteiger partial charge >= 0.3 is 5.97 Å². The monoisotopic (exact) mass is 254 g/mol. The lowest BCUT2D eigenvalue weighted by Crippen LogP contribution is -2.05. The molecule has 98 valence electrons. The normalized spacial score (nSPS) is 9.83. The van der Waals surface area contributed by atoms with Crippen molar-refractivity contribution in [2.45, 2.75) is 12.8 Å². The molecule has 7 heteroatoms. The van der Waals surface area contributed by atoms with Gasteiger partial charge in [-0.3, -0.25) is 14.9 Å². The van der Waals surface area contributed by atoms with Crippen LogP contribution in [0.2, 0.25) is 0 Å². The fourth-order valence-electron chi connectivity index (χ4n) is 1.38. The molecule has 0 aliphatic rings. The SMILES string of the molecule is COc1cc(NCCCC(=O)O)cc([N+](=O)[O-])c1. The van der Waals surface area contributed by atoms with Crippen molar-refractivity contribution in [2.24, 2.45) is 0 Å². The molecule has 0 atom stereocenters. The summed E-state index contributed by atoms with van der Waals surface area (Å²) in [5.74, 6) is -0.488. The van der Waals surface area contributed by atoms with Gasteiger partial charge in [-0.2, -0.15) is 0 Å². The van der Waals surface area contributed by atoms with Crippen molar-refractivity contribution in [3.8, 4) is 5.75 Å². The van der Waals surface area contributed by atoms with Crippen molar-refractivity contribution in [3.63, 3.8) is 0 Å². The summed E-state index contributed by atoms with van der Waals surface area (Å²) in [7, 11) is 1.42. The second-order valence-electron chi connectivity index (χ2n) is 3.60. The predicted molar refractivity (Wildman–Crippen MR) is 65.0 cm³/mol. The van der Waals surface area contributed by atoms with Crippen LogP contribution in [0.15, 0.2) is 18.2 Å². The molecule has 0 aliphatic heterocycles. The minimum absolute atomic E-state index is 0.0546. The number of nitrogens with zero attached hydrogens (tertiary/aromatic N) is 1. The number of nitro benzene ring substituents is 1. The van der Waals surface area contributed by atoms with Crippen LogP contribution in [0.1, 0.15) is 12.8 Å². The van der Waals surface area contributed by atoms with E-state index in [1.54, 1.807) is 6.07 Å². The number of nitrogens with one attached hydrogen (secondary N) is 1. The van der Waals surface area contributed by atoms with Gasteiger partial charge < -0.3 is 15.2 Å². The molecule has 0 saturated heterocycles. The van der Waals surface area contributed by atoms with Gasteiger partial charge in [-0.05, 0) is 6.42 Å². The topological polar surface area (TPSA) is 102 Å². The van der Waals surface area contributed by atoms with E-state index in [-0.39, 0.29) is 12.1 Å². The minimum Gasteiger partial charge on any atom is -0.496 e. The van der Waals surface area contributed by atoms with E-state index in [9.17, 15) is 14.9 Å². The van der Waals surface area contributed by atoms with Crippen molar-refractivity contribution in [3.05, 3.63) is 28.3 Å². The van der Waals surface area contributed by atoms with Gasteiger partial charge in [0.05, 0.1) is 18.1 Å². The molecule has 1 rings (SSSR count). The first-order valence-corrected chi connectivity index (χ1v) is 5.32. The lowest BCUT2D eigenvalue weighted by Gasteiger charge is -2.07. The number of nitro groups is 1. The van der Waals surface area contributed by atoms with Gasteiger partial charge in [0.25, 0.3) is 5.69 Å². The van der Waals surface area contributed by atoms with Crippen LogP contribution in [0.4, 0.5) is 11.4 Å². The van der Waals surface area contributed by atoms with Crippen LogP contribution < -0.4 is 10.1 Å². The molecular formula is C11H14N2O5. The lowest BCUT2D eigenvalue weighted by molar-refractivity contribution is -0.384. The Bertz CT molecular complexity index is 447. The van der Waals surface area contributed by atoms with Crippen LogP contribution in [-0.2, 0) is 4.79 Å². The Morgan fingerprint density at radius 1 is 1.50 bits per heavy atom. The molecule has 0 radical (unpaired) electrons. The smallest absolute Gasteiger partial charge is 0.303 e. The maximum absolute atomic E-state index is 10.7. The number of hydrogen-bond acceptors (Lipinski definition) is 5. The van der Waals surface area contributed by atoms with Gasteiger partial charge in [0.1, 0.15) is 5.75 Å². The summed E-state index contributed by atoms with van der Waals surface area (Å²) in [6, 6.07) is 4.32. The lowest BCUT2D eigenvalue weighted by atomic mass is 10.2. The maximum Gasteiger partial charge on any atom is 0.303 e. The van der Waals surface area contributed by atoms with Crippen LogP contribution in [0.25, 0.3) is 0 Å². The van der Waals surface area contributed by atoms with Crippen LogP contribution in [0.5, 0.6) is 5.75 Å². The predicted octanol–water partition coefficient (Wildman–Crippen LogP) is 1.88. The van der Waals surface area contributed by atoms with E-state index >= 15 is 0 Å². The Kier molecular flexibility index (Phi) is 4.91. The molecule has 1 aromatic rings. The number of carboxylic acid groups (broad SMARTS) is 1. The molecular weight excluding hydrogens is 240 g/mol. The van der Waals surface area contributed by atoms with E-state index in [0.29, 0.717) is 24.4 Å². The molecule has 0 heterocycles. The fraction of sp³-hybridized carbons (Fsp3) is 0.364. The van der Waals surface area contributed by atoms with Crippen molar-refractivity contribution in [1.29, 1.82) is 0 Å². The molecule has 0 aromatic heterocycles. The summed E-state index contributed by atoms with van der Waals surface area (Å²) in [5.41, 5.74) is 0.460. The van der Waals surface area contributed by atoms with Crippen LogP contribution in [-0.4, -0.2) is 29.7 Å². The molecule has 0 amide bonds. The highest BCUT2D eigenvalue weighted by molar-refractivity contribution is 5.66. The van der Waals surface area contributed by atoms with Gasteiger partial charge in [-0.25, -0.2) is 0 Å². The van der Waals surface area contributed by atoms with Crippen molar-refractivity contribution in [2.75, 3.05) is 19.0 Å². The van der Waals surface area contributed by atoms with Crippen LogP contribution in [0.3, 0.4) is 0 Å². The number of carboxylic acids is 1. The minimum atomic E-state index is -0.867. The number of aliphatic carboxylic acids is 1. The third kappa shape index (κ3) is 4.28. The van der Waals surface area contributed by atoms with Gasteiger partial charge in [0.15, 0.2) is 0 Å². The highest BCUT2D eigenvalue weighted by Gasteiger charge is 2.09. The van der Waals surface area contributed by atoms with Crippen molar-refractivity contribution < 1.29 is 19.6 Å². The maximum atomic E-state index is 10.7. The molecule has 1 aromatic carbocycles. The van der Waals surface area contributed by atoms with E-state index in [4.69, 9.17) is 9.84 Å². The largest absolute Gasteiger partial charge is 0.496 e. The molecule has 2 N–H and O–H groups in total. The summed E-state index contributed by atoms with van der Waals surface area (Å²) >= 11 is 0. The zero-order chi connectivity index (χ0) is 13.5. The molecule has 7 nitrogen and oxygen atoms in total. The standard InChI is InChI=1S/C11H14N2O5/c1-18-10-6-8(5-9(7-10)13(16)17)12-4-2-3-11(14)15/h5-7,12H,2-4H2,1H3,(H,14,15). The number of ether oxygens (including phenoxy) is 1. The summed E-state index contributed by atoms with van der Waals surface area (Å²) in [4.78, 5) is 20.5. The molecule has 0 spiro atoms. The van der Waals surface area contributed by atoms with Crippen LogP contribution in [0, 0.1) is 10.1 Å².